The van der Waals surface area contributed by atoms with Crippen molar-refractivity contribution in [3.8, 4) is 0 Å². The molecular weight excluding hydrogens is 474 g/mol. The van der Waals surface area contributed by atoms with Gasteiger partial charge in [-0.05, 0) is 53.0 Å². The lowest BCUT2D eigenvalue weighted by molar-refractivity contribution is -0.110. The van der Waals surface area contributed by atoms with E-state index < -0.39 is 15.7 Å². The summed E-state index contributed by atoms with van der Waals surface area (Å²) in [6.07, 6.45) is 3.41. The first-order valence-electron chi connectivity index (χ1n) is 9.52. The number of pyridine rings is 1. The van der Waals surface area contributed by atoms with Crippen LogP contribution in [-0.4, -0.2) is 49.6 Å². The number of carbonyl (C=O) groups excluding carboxylic acids is 1. The number of ether oxygens (including phenoxy) is 1. The third-order valence-corrected chi connectivity index (χ3v) is 7.53. The van der Waals surface area contributed by atoms with Crippen molar-refractivity contribution in [3.05, 3.63) is 52.6 Å². The van der Waals surface area contributed by atoms with E-state index in [1.54, 1.807) is 30.5 Å². The Morgan fingerprint density at radius 3 is 2.53 bits per heavy atom. The van der Waals surface area contributed by atoms with Gasteiger partial charge in [0, 0.05) is 22.7 Å². The van der Waals surface area contributed by atoms with E-state index in [0.29, 0.717) is 43.9 Å². The lowest BCUT2D eigenvalue weighted by atomic mass is 10.1. The van der Waals surface area contributed by atoms with E-state index >= 15 is 0 Å². The van der Waals surface area contributed by atoms with E-state index in [9.17, 15) is 13.2 Å². The van der Waals surface area contributed by atoms with Crippen molar-refractivity contribution < 1.29 is 22.8 Å². The maximum Gasteiger partial charge on any atom is 0.279 e. The Kier molecular flexibility index (Phi) is 6.16. The fraction of sp³-hybridized carbons (Fsp3) is 0.350. The van der Waals surface area contributed by atoms with E-state index in [4.69, 9.17) is 9.57 Å². The molecule has 1 aromatic heterocycles. The van der Waals surface area contributed by atoms with E-state index in [2.05, 4.69) is 31.4 Å². The van der Waals surface area contributed by atoms with Crippen molar-refractivity contribution in [1.29, 1.82) is 0 Å². The van der Waals surface area contributed by atoms with Crippen molar-refractivity contribution in [1.82, 2.24) is 4.98 Å². The maximum atomic E-state index is 12.9. The predicted molar refractivity (Wildman–Crippen MR) is 114 cm³/mol. The predicted octanol–water partition coefficient (Wildman–Crippen LogP) is 2.93. The molecule has 0 unspecified atom stereocenters. The molecule has 1 saturated heterocycles. The van der Waals surface area contributed by atoms with Crippen molar-refractivity contribution >= 4 is 43.2 Å². The molecule has 1 atom stereocenters. The molecule has 4 rings (SSSR count). The summed E-state index contributed by atoms with van der Waals surface area (Å²) in [5.41, 5.74) is 0.472. The number of benzene rings is 1. The number of amides is 1. The monoisotopic (exact) mass is 493 g/mol. The average molecular weight is 494 g/mol. The highest BCUT2D eigenvalue weighted by Crippen LogP contribution is 2.33. The first kappa shape index (κ1) is 21.0. The zero-order chi connectivity index (χ0) is 21.1. The topological polar surface area (TPSA) is 107 Å². The maximum absolute atomic E-state index is 12.9. The first-order valence-corrected chi connectivity index (χ1v) is 11.9. The van der Waals surface area contributed by atoms with Crippen LogP contribution in [0.1, 0.15) is 24.8 Å². The third kappa shape index (κ3) is 4.88. The molecule has 2 heterocycles. The van der Waals surface area contributed by atoms with Gasteiger partial charge in [-0.15, -0.1) is 0 Å². The van der Waals surface area contributed by atoms with Crippen molar-refractivity contribution in [2.75, 3.05) is 18.5 Å². The van der Waals surface area contributed by atoms with Crippen LogP contribution in [0.15, 0.2) is 57.1 Å². The molecular formula is C20H20BrN3O5S. The summed E-state index contributed by atoms with van der Waals surface area (Å²) in [4.78, 5) is 22.8. The van der Waals surface area contributed by atoms with Crippen molar-refractivity contribution in [3.63, 3.8) is 0 Å². The minimum Gasteiger partial charge on any atom is -0.389 e. The molecule has 1 saturated carbocycles. The highest BCUT2D eigenvalue weighted by atomic mass is 79.9. The quantitative estimate of drug-likeness (QED) is 0.469. The lowest BCUT2D eigenvalue weighted by Crippen LogP contribution is -2.25. The summed E-state index contributed by atoms with van der Waals surface area (Å²) in [5.74, 6) is -0.158. The Labute approximate surface area is 182 Å². The van der Waals surface area contributed by atoms with Gasteiger partial charge in [-0.25, -0.2) is 13.4 Å². The van der Waals surface area contributed by atoms with E-state index in [-0.39, 0.29) is 22.0 Å². The molecule has 1 aliphatic carbocycles. The van der Waals surface area contributed by atoms with Crippen LogP contribution in [-0.2, 0) is 24.2 Å². The molecule has 1 aliphatic heterocycles. The molecule has 30 heavy (non-hydrogen) atoms. The number of carbonyl (C=O) groups is 1. The lowest BCUT2D eigenvalue weighted by Gasteiger charge is -2.11. The van der Waals surface area contributed by atoms with Gasteiger partial charge in [-0.2, -0.15) is 0 Å². The summed E-state index contributed by atoms with van der Waals surface area (Å²) in [6, 6.07) is 9.54. The van der Waals surface area contributed by atoms with E-state index in [0.717, 1.165) is 4.47 Å². The van der Waals surface area contributed by atoms with Crippen LogP contribution < -0.4 is 5.32 Å². The molecule has 2 aromatic rings. The Hall–Kier alpha value is -2.30. The molecule has 0 radical (unpaired) electrons. The van der Waals surface area contributed by atoms with Gasteiger partial charge in [0.1, 0.15) is 5.82 Å². The Balaban J connectivity index is 1.58. The number of oxime groups is 1. The van der Waals surface area contributed by atoms with Gasteiger partial charge >= 0.3 is 0 Å². The van der Waals surface area contributed by atoms with Crippen LogP contribution in [0.2, 0.25) is 0 Å². The normalized spacial score (nSPS) is 19.5. The molecule has 0 spiro atoms. The number of sulfone groups is 1. The fourth-order valence-electron chi connectivity index (χ4n) is 2.95. The minimum absolute atomic E-state index is 0.0296. The third-order valence-electron chi connectivity index (χ3n) is 4.78. The second-order valence-electron chi connectivity index (χ2n) is 7.12. The van der Waals surface area contributed by atoms with Gasteiger partial charge in [-0.3, -0.25) is 4.79 Å². The molecule has 0 bridgehead atoms. The van der Waals surface area contributed by atoms with Gasteiger partial charge in [0.05, 0.1) is 23.4 Å². The largest absolute Gasteiger partial charge is 0.389 e. The second-order valence-corrected chi connectivity index (χ2v) is 10.3. The Morgan fingerprint density at radius 1 is 1.17 bits per heavy atom. The summed E-state index contributed by atoms with van der Waals surface area (Å²) in [5, 5.41) is 6.45. The van der Waals surface area contributed by atoms with Crippen LogP contribution in [0.4, 0.5) is 5.82 Å². The highest BCUT2D eigenvalue weighted by Gasteiger charge is 2.36. The smallest absolute Gasteiger partial charge is 0.279 e. The minimum atomic E-state index is -3.31. The first-order chi connectivity index (χ1) is 14.4. The SMILES string of the molecule is O=C(Nc1ccc(Br)cn1)/C(=N/O[C@@H]1CCOC1)c1ccc(S(=O)(=O)C2CC2)cc1. The average Bonchev–Trinajstić information content (AvgIpc) is 3.48. The van der Waals surface area contributed by atoms with Crippen LogP contribution in [0, 0.1) is 0 Å². The van der Waals surface area contributed by atoms with E-state index in [1.807, 2.05) is 0 Å². The van der Waals surface area contributed by atoms with Gasteiger partial charge < -0.3 is 14.9 Å². The van der Waals surface area contributed by atoms with Crippen LogP contribution in [0.3, 0.4) is 0 Å². The number of hydrogen-bond acceptors (Lipinski definition) is 7. The van der Waals surface area contributed by atoms with Gasteiger partial charge in [-0.1, -0.05) is 17.3 Å². The highest BCUT2D eigenvalue weighted by molar-refractivity contribution is 9.10. The van der Waals surface area contributed by atoms with Crippen LogP contribution in [0.25, 0.3) is 0 Å². The van der Waals surface area contributed by atoms with Gasteiger partial charge in [0.25, 0.3) is 5.91 Å². The Morgan fingerprint density at radius 2 is 1.93 bits per heavy atom. The molecule has 2 aliphatic rings. The van der Waals surface area contributed by atoms with Gasteiger partial charge in [0.15, 0.2) is 21.7 Å². The molecule has 1 N–H and O–H groups in total. The number of anilines is 1. The summed E-state index contributed by atoms with van der Waals surface area (Å²) in [7, 11) is -3.31. The molecule has 158 valence electrons. The molecule has 1 amide bonds. The fourth-order valence-corrected chi connectivity index (χ4v) is 4.84. The van der Waals surface area contributed by atoms with Crippen LogP contribution in [0.5, 0.6) is 0 Å². The number of halogens is 1. The van der Waals surface area contributed by atoms with Crippen LogP contribution >= 0.6 is 15.9 Å². The standard InChI is InChI=1S/C20H20BrN3O5S/c21-14-3-8-18(22-11-14)23-20(25)19(24-29-15-9-10-28-12-15)13-1-4-16(5-2-13)30(26,27)17-6-7-17/h1-5,8,11,15,17H,6-7,9-10,12H2,(H,22,23,25)/b24-19+/t15-/m1/s1. The zero-order valence-electron chi connectivity index (χ0n) is 16.0. The number of aromatic nitrogens is 1. The molecule has 8 nitrogen and oxygen atoms in total. The number of hydrogen-bond donors (Lipinski definition) is 1. The van der Waals surface area contributed by atoms with Gasteiger partial charge in [0.2, 0.25) is 0 Å². The summed E-state index contributed by atoms with van der Waals surface area (Å²) >= 11 is 3.30. The summed E-state index contributed by atoms with van der Waals surface area (Å²) < 4.78 is 30.9. The number of nitrogens with zero attached hydrogens (tertiary/aromatic N) is 2. The number of rotatable bonds is 7. The second kappa shape index (κ2) is 8.83. The Bertz CT molecular complexity index is 1040. The molecule has 1 aromatic carbocycles. The van der Waals surface area contributed by atoms with Crippen molar-refractivity contribution in [2.45, 2.75) is 35.5 Å². The molecule has 2 fully saturated rings. The number of nitrogens with one attached hydrogen (secondary N) is 1. The van der Waals surface area contributed by atoms with Crippen molar-refractivity contribution in [2.24, 2.45) is 5.16 Å². The zero-order valence-corrected chi connectivity index (χ0v) is 18.4. The van der Waals surface area contributed by atoms with E-state index in [1.165, 1.54) is 12.1 Å². The molecule has 10 heteroatoms. The summed E-state index contributed by atoms with van der Waals surface area (Å²) in [6.45, 7) is 0.990.